The Morgan fingerprint density at radius 3 is 2.63 bits per heavy atom. The summed E-state index contributed by atoms with van der Waals surface area (Å²) in [6.07, 6.45) is 3.23. The number of methoxy groups -OCH3 is 1. The van der Waals surface area contributed by atoms with Crippen LogP contribution in [0.2, 0.25) is 0 Å². The lowest BCUT2D eigenvalue weighted by atomic mass is 10.1. The van der Waals surface area contributed by atoms with E-state index in [1.165, 1.54) is 18.2 Å². The van der Waals surface area contributed by atoms with Gasteiger partial charge in [0.05, 0.1) is 7.11 Å². The first-order valence-electron chi connectivity index (χ1n) is 9.33. The number of fused-ring (bicyclic) bond motifs is 1. The van der Waals surface area contributed by atoms with Crippen molar-refractivity contribution in [3.05, 3.63) is 83.4 Å². The third-order valence-electron chi connectivity index (χ3n) is 4.62. The molecule has 1 N–H and O–H groups in total. The highest BCUT2D eigenvalue weighted by molar-refractivity contribution is 6.06. The minimum absolute atomic E-state index is 0.123. The van der Waals surface area contributed by atoms with Gasteiger partial charge in [-0.1, -0.05) is 12.1 Å². The Hall–Kier alpha value is -3.93. The van der Waals surface area contributed by atoms with Crippen LogP contribution in [0.3, 0.4) is 0 Å². The molecule has 0 bridgehead atoms. The number of rotatable bonds is 7. The van der Waals surface area contributed by atoms with Gasteiger partial charge in [-0.05, 0) is 60.2 Å². The summed E-state index contributed by atoms with van der Waals surface area (Å²) >= 11 is 0. The van der Waals surface area contributed by atoms with Crippen molar-refractivity contribution in [2.24, 2.45) is 0 Å². The number of phenols is 1. The van der Waals surface area contributed by atoms with E-state index >= 15 is 0 Å². The van der Waals surface area contributed by atoms with Gasteiger partial charge in [0.25, 0.3) is 0 Å². The molecule has 6 nitrogen and oxygen atoms in total. The van der Waals surface area contributed by atoms with Gasteiger partial charge >= 0.3 is 0 Å². The summed E-state index contributed by atoms with van der Waals surface area (Å²) in [5.41, 5.74) is 2.19. The maximum absolute atomic E-state index is 12.3. The van der Waals surface area contributed by atoms with Gasteiger partial charge in [-0.3, -0.25) is 4.79 Å². The number of hydrogen-bond donors (Lipinski definition) is 1. The van der Waals surface area contributed by atoms with Crippen molar-refractivity contribution < 1.29 is 28.8 Å². The molecule has 0 saturated heterocycles. The quantitative estimate of drug-likeness (QED) is 0.458. The predicted molar refractivity (Wildman–Crippen MR) is 111 cm³/mol. The molecule has 0 unspecified atom stereocenters. The van der Waals surface area contributed by atoms with Crippen molar-refractivity contribution >= 4 is 11.9 Å². The lowest BCUT2D eigenvalue weighted by Crippen LogP contribution is -1.99. The summed E-state index contributed by atoms with van der Waals surface area (Å²) in [4.78, 5) is 12.3. The normalized spacial score (nSPS) is 12.2. The summed E-state index contributed by atoms with van der Waals surface area (Å²) in [5.74, 6) is 2.68. The smallest absolute Gasteiger partial charge is 0.231 e. The molecule has 0 atom stereocenters. The Balaban J connectivity index is 1.47. The number of hydrogen-bond acceptors (Lipinski definition) is 6. The highest BCUT2D eigenvalue weighted by Crippen LogP contribution is 2.35. The second kappa shape index (κ2) is 8.61. The van der Waals surface area contributed by atoms with E-state index < -0.39 is 0 Å². The van der Waals surface area contributed by atoms with Crippen LogP contribution in [0.15, 0.2) is 66.7 Å². The maximum Gasteiger partial charge on any atom is 0.231 e. The molecular formula is C24H20O6. The van der Waals surface area contributed by atoms with E-state index in [0.717, 1.165) is 11.1 Å². The summed E-state index contributed by atoms with van der Waals surface area (Å²) < 4.78 is 22.0. The van der Waals surface area contributed by atoms with Gasteiger partial charge < -0.3 is 24.1 Å². The molecule has 0 radical (unpaired) electrons. The van der Waals surface area contributed by atoms with Crippen molar-refractivity contribution in [3.63, 3.8) is 0 Å². The zero-order valence-corrected chi connectivity index (χ0v) is 16.3. The largest absolute Gasteiger partial charge is 0.508 e. The fraction of sp³-hybridized carbons (Fsp3) is 0.125. The van der Waals surface area contributed by atoms with Crippen molar-refractivity contribution in [3.8, 4) is 28.7 Å². The Bertz CT molecular complexity index is 1090. The Kier molecular flexibility index (Phi) is 5.57. The first kappa shape index (κ1) is 19.4. The Morgan fingerprint density at radius 2 is 1.83 bits per heavy atom. The third kappa shape index (κ3) is 4.38. The molecule has 30 heavy (non-hydrogen) atoms. The standard InChI is InChI=1S/C24H20O6/c1-27-22-10-3-16(2-9-21(26)17-4-6-19(25)7-5-17)12-18(22)14-28-20-8-11-23-24(13-20)30-15-29-23/h2-13,25H,14-15H2,1H3/b9-2+. The molecule has 0 fully saturated rings. The summed E-state index contributed by atoms with van der Waals surface area (Å²) in [6.45, 7) is 0.500. The fourth-order valence-electron chi connectivity index (χ4n) is 3.04. The lowest BCUT2D eigenvalue weighted by Gasteiger charge is -2.11. The third-order valence-corrected chi connectivity index (χ3v) is 4.62. The van der Waals surface area contributed by atoms with Gasteiger partial charge in [0.2, 0.25) is 6.79 Å². The zero-order chi connectivity index (χ0) is 20.9. The average Bonchev–Trinajstić information content (AvgIpc) is 3.24. The van der Waals surface area contributed by atoms with Crippen LogP contribution in [0.1, 0.15) is 21.5 Å². The zero-order valence-electron chi connectivity index (χ0n) is 16.3. The summed E-state index contributed by atoms with van der Waals surface area (Å²) in [6, 6.07) is 17.2. The molecule has 0 aliphatic carbocycles. The van der Waals surface area contributed by atoms with Crippen LogP contribution < -0.4 is 18.9 Å². The number of allylic oxidation sites excluding steroid dienone is 1. The molecule has 0 amide bonds. The van der Waals surface area contributed by atoms with Crippen molar-refractivity contribution in [1.82, 2.24) is 0 Å². The second-order valence-corrected chi connectivity index (χ2v) is 6.62. The minimum Gasteiger partial charge on any atom is -0.508 e. The van der Waals surface area contributed by atoms with E-state index in [9.17, 15) is 9.90 Å². The SMILES string of the molecule is COc1ccc(/C=C/C(=O)c2ccc(O)cc2)cc1COc1ccc2c(c1)OCO2. The van der Waals surface area contributed by atoms with Crippen LogP contribution in [0.4, 0.5) is 0 Å². The molecule has 1 heterocycles. The van der Waals surface area contributed by atoms with E-state index in [2.05, 4.69) is 0 Å². The molecule has 152 valence electrons. The van der Waals surface area contributed by atoms with Gasteiger partial charge in [0.1, 0.15) is 23.9 Å². The van der Waals surface area contributed by atoms with Gasteiger partial charge in [-0.25, -0.2) is 0 Å². The predicted octanol–water partition coefficient (Wildman–Crippen LogP) is 4.60. The molecule has 3 aromatic carbocycles. The van der Waals surface area contributed by atoms with Crippen LogP contribution in [-0.2, 0) is 6.61 Å². The van der Waals surface area contributed by atoms with Gasteiger partial charge in [-0.15, -0.1) is 0 Å². The summed E-state index contributed by atoms with van der Waals surface area (Å²) in [5, 5.41) is 9.34. The van der Waals surface area contributed by atoms with E-state index in [-0.39, 0.29) is 24.9 Å². The Morgan fingerprint density at radius 1 is 1.03 bits per heavy atom. The van der Waals surface area contributed by atoms with Crippen LogP contribution in [0.25, 0.3) is 6.08 Å². The Labute approximate surface area is 173 Å². The highest BCUT2D eigenvalue weighted by atomic mass is 16.7. The van der Waals surface area contributed by atoms with Crippen LogP contribution in [0.5, 0.6) is 28.7 Å². The topological polar surface area (TPSA) is 74.2 Å². The number of carbonyl (C=O) groups is 1. The number of phenolic OH excluding ortho intramolecular Hbond substituents is 1. The second-order valence-electron chi connectivity index (χ2n) is 6.62. The molecular weight excluding hydrogens is 384 g/mol. The molecule has 0 aromatic heterocycles. The van der Waals surface area contributed by atoms with Crippen molar-refractivity contribution in [1.29, 1.82) is 0 Å². The number of ketones is 1. The fourth-order valence-corrected chi connectivity index (χ4v) is 3.04. The number of aromatic hydroxyl groups is 1. The first-order chi connectivity index (χ1) is 14.6. The van der Waals surface area contributed by atoms with Gasteiger partial charge in [0, 0.05) is 17.2 Å². The monoisotopic (exact) mass is 404 g/mol. The summed E-state index contributed by atoms with van der Waals surface area (Å²) in [7, 11) is 1.60. The van der Waals surface area contributed by atoms with Crippen LogP contribution in [0, 0.1) is 0 Å². The number of benzene rings is 3. The maximum atomic E-state index is 12.3. The van der Waals surface area contributed by atoms with Gasteiger partial charge in [0.15, 0.2) is 17.3 Å². The van der Waals surface area contributed by atoms with Gasteiger partial charge in [-0.2, -0.15) is 0 Å². The van der Waals surface area contributed by atoms with Crippen LogP contribution >= 0.6 is 0 Å². The minimum atomic E-state index is -0.149. The van der Waals surface area contributed by atoms with Crippen molar-refractivity contribution in [2.75, 3.05) is 13.9 Å². The first-order valence-corrected chi connectivity index (χ1v) is 9.33. The molecule has 1 aliphatic heterocycles. The van der Waals surface area contributed by atoms with Crippen LogP contribution in [-0.4, -0.2) is 24.8 Å². The van der Waals surface area contributed by atoms with E-state index in [1.54, 1.807) is 31.4 Å². The van der Waals surface area contributed by atoms with E-state index in [4.69, 9.17) is 18.9 Å². The molecule has 4 rings (SSSR count). The molecule has 6 heteroatoms. The molecule has 0 spiro atoms. The average molecular weight is 404 g/mol. The highest BCUT2D eigenvalue weighted by Gasteiger charge is 2.14. The van der Waals surface area contributed by atoms with E-state index in [0.29, 0.717) is 28.6 Å². The molecule has 3 aromatic rings. The number of ether oxygens (including phenoxy) is 4. The molecule has 0 saturated carbocycles. The lowest BCUT2D eigenvalue weighted by molar-refractivity contribution is 0.104. The number of carbonyl (C=O) groups excluding carboxylic acids is 1. The molecule has 1 aliphatic rings. The van der Waals surface area contributed by atoms with E-state index in [1.807, 2.05) is 30.3 Å². The van der Waals surface area contributed by atoms with Crippen molar-refractivity contribution in [2.45, 2.75) is 6.61 Å².